The quantitative estimate of drug-likeness (QED) is 0.278. The number of alkyl halides is 3. The Labute approximate surface area is 228 Å². The van der Waals surface area contributed by atoms with Crippen molar-refractivity contribution in [3.63, 3.8) is 0 Å². The zero-order chi connectivity index (χ0) is 28.1. The van der Waals surface area contributed by atoms with Gasteiger partial charge in [-0.05, 0) is 45.5 Å². The number of benzene rings is 3. The van der Waals surface area contributed by atoms with Crippen LogP contribution in [0.5, 0.6) is 0 Å². The van der Waals surface area contributed by atoms with E-state index in [9.17, 15) is 27.9 Å². The first-order valence-corrected chi connectivity index (χ1v) is 12.9. The van der Waals surface area contributed by atoms with Crippen molar-refractivity contribution in [3.8, 4) is 11.1 Å². The summed E-state index contributed by atoms with van der Waals surface area (Å²) in [4.78, 5) is 27.7. The minimum atomic E-state index is -4.59. The number of aliphatic carboxylic acids is 1. The Morgan fingerprint density at radius 1 is 1.08 bits per heavy atom. The van der Waals surface area contributed by atoms with Crippen LogP contribution in [0.15, 0.2) is 71.5 Å². The van der Waals surface area contributed by atoms with Crippen molar-refractivity contribution in [1.29, 1.82) is 0 Å². The number of carboxylic acid groups (broad SMARTS) is 1. The molecule has 9 heteroatoms. The van der Waals surface area contributed by atoms with Crippen LogP contribution in [0.3, 0.4) is 0 Å². The molecule has 4 aromatic rings. The molecule has 0 amide bonds. The highest BCUT2D eigenvalue weighted by Gasteiger charge is 2.39. The Kier molecular flexibility index (Phi) is 6.93. The topological polar surface area (TPSA) is 62.5 Å². The fraction of sp³-hybridized carbons (Fsp3) is 0.267. The SMILES string of the molecule is CC(C)CN1CC(C(=O)O)n2c1c(-c1cccc(C(F)(F)F)c1)c(Cc1cccc3ccccc13)c(Cl)c2=O. The summed E-state index contributed by atoms with van der Waals surface area (Å²) < 4.78 is 42.4. The van der Waals surface area contributed by atoms with Gasteiger partial charge in [-0.3, -0.25) is 9.36 Å². The zero-order valence-corrected chi connectivity index (χ0v) is 22.1. The van der Waals surface area contributed by atoms with Crippen LogP contribution in [0.4, 0.5) is 19.0 Å². The van der Waals surface area contributed by atoms with Crippen LogP contribution in [0, 0.1) is 5.92 Å². The minimum Gasteiger partial charge on any atom is -0.480 e. The van der Waals surface area contributed by atoms with E-state index in [1.54, 1.807) is 11.0 Å². The lowest BCUT2D eigenvalue weighted by Gasteiger charge is -2.26. The lowest BCUT2D eigenvalue weighted by atomic mass is 9.92. The Balaban J connectivity index is 1.85. The lowest BCUT2D eigenvalue weighted by molar-refractivity contribution is -0.140. The maximum atomic E-state index is 13.8. The van der Waals surface area contributed by atoms with Gasteiger partial charge in [0.2, 0.25) is 0 Å². The molecule has 1 aliphatic rings. The van der Waals surface area contributed by atoms with Crippen LogP contribution in [0.25, 0.3) is 21.9 Å². The molecule has 0 radical (unpaired) electrons. The van der Waals surface area contributed by atoms with Gasteiger partial charge in [0.05, 0.1) is 12.1 Å². The molecule has 5 rings (SSSR count). The van der Waals surface area contributed by atoms with E-state index in [0.717, 1.165) is 33.0 Å². The third-order valence-corrected chi connectivity index (χ3v) is 7.42. The highest BCUT2D eigenvalue weighted by atomic mass is 35.5. The van der Waals surface area contributed by atoms with E-state index in [0.29, 0.717) is 17.7 Å². The Bertz CT molecular complexity index is 1640. The molecule has 0 bridgehead atoms. The molecule has 0 fully saturated rings. The van der Waals surface area contributed by atoms with Crippen LogP contribution >= 0.6 is 11.6 Å². The number of carboxylic acids is 1. The van der Waals surface area contributed by atoms with Crippen LogP contribution in [0.2, 0.25) is 5.02 Å². The predicted octanol–water partition coefficient (Wildman–Crippen LogP) is 7.03. The highest BCUT2D eigenvalue weighted by Crippen LogP contribution is 2.44. The molecule has 0 saturated heterocycles. The number of hydrogen-bond acceptors (Lipinski definition) is 3. The maximum Gasteiger partial charge on any atom is 0.416 e. The second kappa shape index (κ2) is 10.1. The van der Waals surface area contributed by atoms with E-state index >= 15 is 0 Å². The molecule has 1 atom stereocenters. The number of fused-ring (bicyclic) bond motifs is 2. The van der Waals surface area contributed by atoms with Crippen LogP contribution < -0.4 is 10.5 Å². The number of rotatable bonds is 6. The third kappa shape index (κ3) is 4.89. The average Bonchev–Trinajstić information content (AvgIpc) is 3.25. The Morgan fingerprint density at radius 3 is 2.46 bits per heavy atom. The summed E-state index contributed by atoms with van der Waals surface area (Å²) in [6, 6.07) is 17.1. The summed E-state index contributed by atoms with van der Waals surface area (Å²) in [6.07, 6.45) is -4.42. The number of hydrogen-bond donors (Lipinski definition) is 1. The molecular weight excluding hydrogens is 529 g/mol. The second-order valence-electron chi connectivity index (χ2n) is 10.2. The number of nitrogens with zero attached hydrogens (tertiary/aromatic N) is 2. The molecule has 39 heavy (non-hydrogen) atoms. The van der Waals surface area contributed by atoms with Crippen LogP contribution in [0.1, 0.15) is 36.6 Å². The lowest BCUT2D eigenvalue weighted by Crippen LogP contribution is -2.29. The van der Waals surface area contributed by atoms with E-state index < -0.39 is 29.3 Å². The van der Waals surface area contributed by atoms with Gasteiger partial charge in [0.25, 0.3) is 5.56 Å². The van der Waals surface area contributed by atoms with E-state index in [2.05, 4.69) is 0 Å². The summed E-state index contributed by atoms with van der Waals surface area (Å²) in [5, 5.41) is 11.7. The number of pyridine rings is 1. The van der Waals surface area contributed by atoms with Crippen molar-refractivity contribution in [2.24, 2.45) is 5.92 Å². The average molecular weight is 555 g/mol. The minimum absolute atomic E-state index is 0.00274. The maximum absolute atomic E-state index is 13.8. The van der Waals surface area contributed by atoms with Crippen molar-refractivity contribution < 1.29 is 23.1 Å². The monoisotopic (exact) mass is 554 g/mol. The summed E-state index contributed by atoms with van der Waals surface area (Å²) in [6.45, 7) is 4.31. The summed E-state index contributed by atoms with van der Waals surface area (Å²) in [5.74, 6) is -0.842. The molecule has 0 spiro atoms. The van der Waals surface area contributed by atoms with Gasteiger partial charge in [-0.25, -0.2) is 4.79 Å². The van der Waals surface area contributed by atoms with E-state index in [1.807, 2.05) is 56.3 Å². The van der Waals surface area contributed by atoms with Gasteiger partial charge in [-0.1, -0.05) is 80.0 Å². The van der Waals surface area contributed by atoms with Crippen molar-refractivity contribution >= 4 is 34.2 Å². The van der Waals surface area contributed by atoms with Gasteiger partial charge in [-0.2, -0.15) is 13.2 Å². The smallest absolute Gasteiger partial charge is 0.416 e. The third-order valence-electron chi connectivity index (χ3n) is 7.03. The number of aromatic nitrogens is 1. The number of anilines is 1. The van der Waals surface area contributed by atoms with Crippen molar-refractivity contribution in [2.45, 2.75) is 32.5 Å². The van der Waals surface area contributed by atoms with Gasteiger partial charge in [0.1, 0.15) is 10.8 Å². The first kappa shape index (κ1) is 26.8. The van der Waals surface area contributed by atoms with E-state index in [1.165, 1.54) is 6.07 Å². The van der Waals surface area contributed by atoms with Gasteiger partial charge in [0, 0.05) is 18.5 Å². The first-order chi connectivity index (χ1) is 18.5. The summed E-state index contributed by atoms with van der Waals surface area (Å²) in [5.41, 5.74) is 0.240. The van der Waals surface area contributed by atoms with Crippen molar-refractivity contribution in [3.05, 3.63) is 98.8 Å². The molecule has 202 valence electrons. The molecule has 1 aromatic heterocycles. The summed E-state index contributed by atoms with van der Waals surface area (Å²) >= 11 is 6.72. The molecule has 0 aliphatic carbocycles. The first-order valence-electron chi connectivity index (χ1n) is 12.6. The van der Waals surface area contributed by atoms with Crippen molar-refractivity contribution in [2.75, 3.05) is 18.0 Å². The molecule has 2 heterocycles. The Hall–Kier alpha value is -3.78. The molecular formula is C30H26ClF3N2O3. The molecule has 0 saturated carbocycles. The molecule has 1 aliphatic heterocycles. The fourth-order valence-electron chi connectivity index (χ4n) is 5.42. The standard InChI is InChI=1S/C30H26ClF3N2O3/c1-17(2)15-35-16-24(29(38)39)36-27(35)25(20-10-6-11-21(13-20)30(32,33)34)23(26(31)28(36)37)14-19-9-5-8-18-7-3-4-12-22(18)19/h3-13,17,24H,14-16H2,1-2H3,(H,38,39). The van der Waals surface area contributed by atoms with Gasteiger partial charge < -0.3 is 10.0 Å². The van der Waals surface area contributed by atoms with Crippen LogP contribution in [-0.2, 0) is 17.4 Å². The fourth-order valence-corrected chi connectivity index (χ4v) is 5.67. The second-order valence-corrected chi connectivity index (χ2v) is 10.6. The number of carbonyl (C=O) groups is 1. The molecule has 1 N–H and O–H groups in total. The Morgan fingerprint density at radius 2 is 1.77 bits per heavy atom. The van der Waals surface area contributed by atoms with Gasteiger partial charge in [-0.15, -0.1) is 0 Å². The largest absolute Gasteiger partial charge is 0.480 e. The molecule has 5 nitrogen and oxygen atoms in total. The molecule has 1 unspecified atom stereocenters. The van der Waals surface area contributed by atoms with Gasteiger partial charge in [0.15, 0.2) is 6.04 Å². The van der Waals surface area contributed by atoms with Gasteiger partial charge >= 0.3 is 12.1 Å². The molecule has 3 aromatic carbocycles. The van der Waals surface area contributed by atoms with E-state index in [-0.39, 0.29) is 35.3 Å². The zero-order valence-electron chi connectivity index (χ0n) is 21.3. The van der Waals surface area contributed by atoms with Crippen LogP contribution in [-0.4, -0.2) is 28.7 Å². The summed E-state index contributed by atoms with van der Waals surface area (Å²) in [7, 11) is 0. The number of halogens is 4. The normalized spacial score (nSPS) is 15.3. The van der Waals surface area contributed by atoms with Crippen molar-refractivity contribution in [1.82, 2.24) is 4.57 Å². The highest BCUT2D eigenvalue weighted by molar-refractivity contribution is 6.32. The predicted molar refractivity (Wildman–Crippen MR) is 147 cm³/mol. The van der Waals surface area contributed by atoms with E-state index in [4.69, 9.17) is 11.6 Å².